The van der Waals surface area contributed by atoms with Gasteiger partial charge < -0.3 is 10.2 Å². The number of hydrogen-bond acceptors (Lipinski definition) is 2. The average Bonchev–Trinajstić information content (AvgIpc) is 2.93. The molecular weight excluding hydrogens is 362 g/mol. The lowest BCUT2D eigenvalue weighted by molar-refractivity contribution is -0.919. The minimum Gasteiger partial charge on any atom is -0.319 e. The van der Waals surface area contributed by atoms with Gasteiger partial charge in [0.1, 0.15) is 12.1 Å². The molecule has 1 fully saturated rings. The minimum atomic E-state index is -1.05. The standard InChI is InChI=1S/C21H24ClN3O2/c1-3-21(17-11-8-12-18(22)13-17)19(26)25(20(27)23-21)15-24(4-2)14-16-9-6-5-7-10-16/h5-13H,3-4,14-15H2,1-2H3,(H,23,27)/p+1/t21-/m1/s1. The van der Waals surface area contributed by atoms with Gasteiger partial charge in [0.2, 0.25) is 0 Å². The van der Waals surface area contributed by atoms with E-state index in [0.717, 1.165) is 23.6 Å². The Labute approximate surface area is 164 Å². The molecule has 2 atom stereocenters. The van der Waals surface area contributed by atoms with Gasteiger partial charge in [-0.1, -0.05) is 61.0 Å². The van der Waals surface area contributed by atoms with Crippen LogP contribution in [0.4, 0.5) is 4.79 Å². The van der Waals surface area contributed by atoms with Crippen LogP contribution < -0.4 is 10.2 Å². The molecule has 5 nitrogen and oxygen atoms in total. The topological polar surface area (TPSA) is 53.9 Å². The molecular formula is C21H25ClN3O2+. The molecule has 2 aromatic rings. The van der Waals surface area contributed by atoms with Crippen LogP contribution >= 0.6 is 11.6 Å². The second-order valence-corrected chi connectivity index (χ2v) is 7.29. The number of nitrogens with zero attached hydrogens (tertiary/aromatic N) is 1. The lowest BCUT2D eigenvalue weighted by atomic mass is 9.87. The number of hydrogen-bond donors (Lipinski definition) is 2. The lowest BCUT2D eigenvalue weighted by Crippen LogP contribution is -3.12. The monoisotopic (exact) mass is 386 g/mol. The Morgan fingerprint density at radius 3 is 2.44 bits per heavy atom. The van der Waals surface area contributed by atoms with Crippen LogP contribution in [0.2, 0.25) is 5.02 Å². The van der Waals surface area contributed by atoms with Crippen molar-refractivity contribution in [2.75, 3.05) is 13.2 Å². The fourth-order valence-corrected chi connectivity index (χ4v) is 3.75. The van der Waals surface area contributed by atoms with Gasteiger partial charge in [-0.2, -0.15) is 0 Å². The van der Waals surface area contributed by atoms with Gasteiger partial charge in [-0.15, -0.1) is 0 Å². The van der Waals surface area contributed by atoms with Gasteiger partial charge in [0.25, 0.3) is 5.91 Å². The third kappa shape index (κ3) is 3.84. The summed E-state index contributed by atoms with van der Waals surface area (Å²) in [5.41, 5.74) is 0.852. The highest BCUT2D eigenvalue weighted by Crippen LogP contribution is 2.33. The van der Waals surface area contributed by atoms with Crippen LogP contribution in [0.25, 0.3) is 0 Å². The average molecular weight is 387 g/mol. The zero-order valence-corrected chi connectivity index (χ0v) is 16.4. The summed E-state index contributed by atoms with van der Waals surface area (Å²) in [6.07, 6.45) is 0.467. The normalized spacial score (nSPS) is 20.6. The molecule has 0 aromatic heterocycles. The fourth-order valence-electron chi connectivity index (χ4n) is 3.56. The molecule has 1 aliphatic rings. The molecule has 0 spiro atoms. The molecule has 1 saturated heterocycles. The smallest absolute Gasteiger partial charge is 0.319 e. The summed E-state index contributed by atoms with van der Waals surface area (Å²) in [6, 6.07) is 16.9. The molecule has 6 heteroatoms. The van der Waals surface area contributed by atoms with E-state index in [-0.39, 0.29) is 11.9 Å². The molecule has 1 aliphatic heterocycles. The number of rotatable bonds is 7. The first kappa shape index (κ1) is 19.4. The van der Waals surface area contributed by atoms with Crippen LogP contribution in [0.1, 0.15) is 31.4 Å². The number of carbonyl (C=O) groups is 2. The van der Waals surface area contributed by atoms with Gasteiger partial charge >= 0.3 is 6.03 Å². The number of urea groups is 1. The van der Waals surface area contributed by atoms with Crippen LogP contribution in [0.3, 0.4) is 0 Å². The Kier molecular flexibility index (Phi) is 5.82. The number of quaternary nitrogens is 1. The predicted octanol–water partition coefficient (Wildman–Crippen LogP) is 2.56. The number of carbonyl (C=O) groups excluding carboxylic acids is 2. The molecule has 142 valence electrons. The van der Waals surface area contributed by atoms with Crippen LogP contribution in [-0.2, 0) is 16.9 Å². The molecule has 3 amide bonds. The van der Waals surface area contributed by atoms with Gasteiger partial charge in [0, 0.05) is 10.6 Å². The second-order valence-electron chi connectivity index (χ2n) is 6.86. The summed E-state index contributed by atoms with van der Waals surface area (Å²) < 4.78 is 0. The largest absolute Gasteiger partial charge is 0.329 e. The van der Waals surface area contributed by atoms with Crippen molar-refractivity contribution in [3.05, 3.63) is 70.7 Å². The number of nitrogens with one attached hydrogen (secondary N) is 2. The second kappa shape index (κ2) is 8.11. The molecule has 2 N–H and O–H groups in total. The SMILES string of the molecule is CC[NH+](Cc1ccccc1)CN1C(=O)N[C@](CC)(c2cccc(Cl)c2)C1=O. The van der Waals surface area contributed by atoms with Crippen LogP contribution in [0.5, 0.6) is 0 Å². The molecule has 0 radical (unpaired) electrons. The van der Waals surface area contributed by atoms with E-state index < -0.39 is 5.54 Å². The van der Waals surface area contributed by atoms with Gasteiger partial charge in [-0.3, -0.25) is 4.79 Å². The summed E-state index contributed by atoms with van der Waals surface area (Å²) in [7, 11) is 0. The van der Waals surface area contributed by atoms with Gasteiger partial charge in [0.05, 0.1) is 6.54 Å². The fraction of sp³-hybridized carbons (Fsp3) is 0.333. The van der Waals surface area contributed by atoms with E-state index in [1.165, 1.54) is 10.5 Å². The minimum absolute atomic E-state index is 0.212. The molecule has 1 heterocycles. The quantitative estimate of drug-likeness (QED) is 0.718. The maximum atomic E-state index is 13.3. The van der Waals surface area contributed by atoms with Crippen LogP contribution in [-0.4, -0.2) is 30.1 Å². The molecule has 27 heavy (non-hydrogen) atoms. The maximum Gasteiger partial charge on any atom is 0.329 e. The van der Waals surface area contributed by atoms with E-state index in [9.17, 15) is 9.59 Å². The maximum absolute atomic E-state index is 13.3. The van der Waals surface area contributed by atoms with Crippen molar-refractivity contribution in [3.63, 3.8) is 0 Å². The van der Waals surface area contributed by atoms with Gasteiger partial charge in [-0.25, -0.2) is 9.69 Å². The summed E-state index contributed by atoms with van der Waals surface area (Å²) >= 11 is 6.12. The van der Waals surface area contributed by atoms with Crippen LogP contribution in [0.15, 0.2) is 54.6 Å². The van der Waals surface area contributed by atoms with E-state index in [4.69, 9.17) is 11.6 Å². The first-order valence-corrected chi connectivity index (χ1v) is 9.65. The van der Waals surface area contributed by atoms with Crippen molar-refractivity contribution in [1.82, 2.24) is 10.2 Å². The molecule has 0 bridgehead atoms. The van der Waals surface area contributed by atoms with Crippen molar-refractivity contribution in [1.29, 1.82) is 0 Å². The van der Waals surface area contributed by atoms with Gasteiger partial charge in [0.15, 0.2) is 6.67 Å². The van der Waals surface area contributed by atoms with E-state index >= 15 is 0 Å². The predicted molar refractivity (Wildman–Crippen MR) is 105 cm³/mol. The highest BCUT2D eigenvalue weighted by molar-refractivity contribution is 6.30. The zero-order valence-electron chi connectivity index (χ0n) is 15.7. The van der Waals surface area contributed by atoms with Crippen molar-refractivity contribution in [2.24, 2.45) is 0 Å². The number of benzene rings is 2. The molecule has 0 aliphatic carbocycles. The summed E-state index contributed by atoms with van der Waals surface area (Å²) in [5.74, 6) is -0.212. The van der Waals surface area contributed by atoms with Crippen molar-refractivity contribution < 1.29 is 14.5 Å². The zero-order chi connectivity index (χ0) is 19.4. The first-order valence-electron chi connectivity index (χ1n) is 9.27. The molecule has 0 saturated carbocycles. The van der Waals surface area contributed by atoms with Crippen LogP contribution in [0, 0.1) is 0 Å². The Morgan fingerprint density at radius 2 is 1.81 bits per heavy atom. The van der Waals surface area contributed by atoms with E-state index in [1.807, 2.05) is 31.2 Å². The van der Waals surface area contributed by atoms with E-state index in [0.29, 0.717) is 18.1 Å². The van der Waals surface area contributed by atoms with Crippen molar-refractivity contribution >= 4 is 23.5 Å². The Morgan fingerprint density at radius 1 is 1.07 bits per heavy atom. The van der Waals surface area contributed by atoms with Crippen molar-refractivity contribution in [2.45, 2.75) is 32.4 Å². The first-order chi connectivity index (χ1) is 13.0. The van der Waals surface area contributed by atoms with E-state index in [2.05, 4.69) is 24.4 Å². The highest BCUT2D eigenvalue weighted by atomic mass is 35.5. The Bertz CT molecular complexity index is 827. The third-order valence-electron chi connectivity index (χ3n) is 5.20. The molecule has 2 aromatic carbocycles. The Hall–Kier alpha value is -2.37. The summed E-state index contributed by atoms with van der Waals surface area (Å²) in [4.78, 5) is 28.4. The number of imide groups is 1. The Balaban J connectivity index is 1.82. The van der Waals surface area contributed by atoms with E-state index in [1.54, 1.807) is 18.2 Å². The summed E-state index contributed by atoms with van der Waals surface area (Å²) in [5, 5.41) is 3.47. The highest BCUT2D eigenvalue weighted by Gasteiger charge is 2.52. The summed E-state index contributed by atoms with van der Waals surface area (Å²) in [6.45, 7) is 5.85. The molecule has 3 rings (SSSR count). The lowest BCUT2D eigenvalue weighted by Gasteiger charge is -2.27. The number of halogens is 1. The molecule has 1 unspecified atom stereocenters. The third-order valence-corrected chi connectivity index (χ3v) is 5.44. The number of amides is 3. The van der Waals surface area contributed by atoms with Crippen molar-refractivity contribution in [3.8, 4) is 0 Å². The van der Waals surface area contributed by atoms with Gasteiger partial charge in [-0.05, 0) is 31.0 Å².